The average Bonchev–Trinajstić information content (AvgIpc) is 2.98. The van der Waals surface area contributed by atoms with Crippen LogP contribution in [-0.4, -0.2) is 61.9 Å². The Morgan fingerprint density at radius 2 is 1.78 bits per heavy atom. The molecule has 0 aliphatic heterocycles. The van der Waals surface area contributed by atoms with E-state index in [0.29, 0.717) is 38.1 Å². The lowest BCUT2D eigenvalue weighted by Gasteiger charge is -2.28. The summed E-state index contributed by atoms with van der Waals surface area (Å²) in [6, 6.07) is 9.58. The van der Waals surface area contributed by atoms with E-state index in [2.05, 4.69) is 23.8 Å². The zero-order valence-electron chi connectivity index (χ0n) is 24.6. The number of carbonyl (C=O) groups excluding carboxylic acids is 3. The molecule has 1 aromatic rings. The van der Waals surface area contributed by atoms with Gasteiger partial charge < -0.3 is 25.2 Å². The average molecular weight is 571 g/mol. The zero-order valence-corrected chi connectivity index (χ0v) is 24.6. The molecular weight excluding hydrogens is 520 g/mol. The van der Waals surface area contributed by atoms with Gasteiger partial charge in [0.25, 0.3) is 0 Å². The topological polar surface area (TPSA) is 114 Å². The van der Waals surface area contributed by atoms with Gasteiger partial charge in [-0.05, 0) is 43.6 Å². The highest BCUT2D eigenvalue weighted by molar-refractivity contribution is 5.86. The highest BCUT2D eigenvalue weighted by atomic mass is 16.5. The van der Waals surface area contributed by atoms with Crippen LogP contribution in [0.4, 0.5) is 0 Å². The summed E-state index contributed by atoms with van der Waals surface area (Å²) >= 11 is 0. The summed E-state index contributed by atoms with van der Waals surface area (Å²) in [5.41, 5.74) is 1.08. The predicted molar refractivity (Wildman–Crippen MR) is 161 cm³/mol. The van der Waals surface area contributed by atoms with Gasteiger partial charge in [-0.3, -0.25) is 14.4 Å². The highest BCUT2D eigenvalue weighted by Crippen LogP contribution is 2.28. The van der Waals surface area contributed by atoms with Crippen molar-refractivity contribution in [2.45, 2.75) is 76.7 Å². The second-order valence-electron chi connectivity index (χ2n) is 10.9. The minimum Gasteiger partial charge on any atom is -0.463 e. The molecule has 3 atom stereocenters. The van der Waals surface area contributed by atoms with E-state index in [1.165, 1.54) is 19.3 Å². The number of hydrogen-bond acceptors (Lipinski definition) is 6. The molecule has 3 N–H and O–H groups in total. The lowest BCUT2D eigenvalue weighted by molar-refractivity contribution is -0.150. The number of aliphatic hydroxyl groups is 1. The van der Waals surface area contributed by atoms with Crippen LogP contribution in [0.15, 0.2) is 55.6 Å². The smallest absolute Gasteiger partial charge is 0.309 e. The molecule has 1 aliphatic rings. The number of rotatable bonds is 21. The first-order valence-corrected chi connectivity index (χ1v) is 15.1. The van der Waals surface area contributed by atoms with E-state index in [1.54, 1.807) is 6.08 Å². The van der Waals surface area contributed by atoms with E-state index in [9.17, 15) is 14.4 Å². The van der Waals surface area contributed by atoms with Crippen molar-refractivity contribution in [2.75, 3.05) is 33.0 Å². The number of ether oxygens (including phenoxy) is 2. The minimum atomic E-state index is -0.575. The molecule has 8 nitrogen and oxygen atoms in total. The monoisotopic (exact) mass is 570 g/mol. The molecule has 1 aliphatic carbocycles. The van der Waals surface area contributed by atoms with Crippen molar-refractivity contribution in [2.24, 2.45) is 17.8 Å². The number of aliphatic hydroxyl groups excluding tert-OH is 1. The first-order chi connectivity index (χ1) is 20.0. The molecule has 1 fully saturated rings. The van der Waals surface area contributed by atoms with Gasteiger partial charge in [0, 0.05) is 13.0 Å². The molecule has 41 heavy (non-hydrogen) atoms. The maximum Gasteiger partial charge on any atom is 0.309 e. The fourth-order valence-corrected chi connectivity index (χ4v) is 5.34. The number of hydrogen-bond donors (Lipinski definition) is 3. The van der Waals surface area contributed by atoms with Crippen molar-refractivity contribution in [1.82, 2.24) is 10.6 Å². The van der Waals surface area contributed by atoms with Crippen LogP contribution in [0.1, 0.15) is 69.8 Å². The molecule has 0 aromatic heterocycles. The second kappa shape index (κ2) is 20.8. The molecule has 2 amide bonds. The first kappa shape index (κ1) is 34.2. The summed E-state index contributed by atoms with van der Waals surface area (Å²) in [6.45, 7) is 8.40. The van der Waals surface area contributed by atoms with Crippen molar-refractivity contribution < 1.29 is 29.0 Å². The van der Waals surface area contributed by atoms with E-state index < -0.39 is 5.92 Å². The fourth-order valence-electron chi connectivity index (χ4n) is 5.34. The summed E-state index contributed by atoms with van der Waals surface area (Å²) in [5, 5.41) is 14.7. The molecule has 0 spiro atoms. The number of nitrogens with one attached hydrogen (secondary N) is 2. The Hall–Kier alpha value is -2.97. The van der Waals surface area contributed by atoms with Crippen LogP contribution in [0.25, 0.3) is 0 Å². The second-order valence-corrected chi connectivity index (χ2v) is 10.9. The molecule has 8 heteroatoms. The number of allylic oxidation sites excluding steroid dienone is 2. The summed E-state index contributed by atoms with van der Waals surface area (Å²) < 4.78 is 11.0. The molecule has 0 radical (unpaired) electrons. The van der Waals surface area contributed by atoms with Gasteiger partial charge in [-0.15, -0.1) is 13.2 Å². The molecule has 0 saturated heterocycles. The van der Waals surface area contributed by atoms with E-state index in [0.717, 1.165) is 24.8 Å². The quantitative estimate of drug-likeness (QED) is 0.114. The summed E-state index contributed by atoms with van der Waals surface area (Å²) in [5.74, 6) is -1.15. The van der Waals surface area contributed by atoms with Gasteiger partial charge in [0.05, 0.1) is 37.7 Å². The van der Waals surface area contributed by atoms with Crippen LogP contribution < -0.4 is 10.6 Å². The van der Waals surface area contributed by atoms with Crippen LogP contribution in [0.2, 0.25) is 0 Å². The maximum absolute atomic E-state index is 13.4. The Morgan fingerprint density at radius 1 is 1.02 bits per heavy atom. The molecule has 1 saturated carbocycles. The van der Waals surface area contributed by atoms with Gasteiger partial charge in [0.2, 0.25) is 11.8 Å². The zero-order chi connectivity index (χ0) is 29.7. The van der Waals surface area contributed by atoms with E-state index in [-0.39, 0.29) is 62.6 Å². The minimum absolute atomic E-state index is 0.0223. The largest absolute Gasteiger partial charge is 0.463 e. The van der Waals surface area contributed by atoms with Crippen LogP contribution in [0.5, 0.6) is 0 Å². The Bertz CT molecular complexity index is 916. The van der Waals surface area contributed by atoms with Gasteiger partial charge >= 0.3 is 5.97 Å². The van der Waals surface area contributed by atoms with Crippen molar-refractivity contribution in [3.8, 4) is 0 Å². The maximum atomic E-state index is 13.4. The molecule has 228 valence electrons. The number of esters is 1. The van der Waals surface area contributed by atoms with Gasteiger partial charge in [-0.1, -0.05) is 74.6 Å². The fraction of sp³-hybridized carbons (Fsp3) is 0.606. The normalized spacial score (nSPS) is 15.7. The van der Waals surface area contributed by atoms with Crippen molar-refractivity contribution in [1.29, 1.82) is 0 Å². The highest BCUT2D eigenvalue weighted by Gasteiger charge is 2.28. The third-order valence-electron chi connectivity index (χ3n) is 7.55. The van der Waals surface area contributed by atoms with Gasteiger partial charge in [0.15, 0.2) is 0 Å². The SMILES string of the molecule is C=CCC[C@H](Cc1ccccc1)C(=O)OC[C@H](CC1CCCCC1)NC(=O)[C@H](CC=C)CC(=O)NCCOCCO. The first-order valence-electron chi connectivity index (χ1n) is 15.1. The molecular formula is C33H50N2O6. The predicted octanol–water partition coefficient (Wildman–Crippen LogP) is 4.52. The summed E-state index contributed by atoms with van der Waals surface area (Å²) in [6.07, 6.45) is 12.3. The summed E-state index contributed by atoms with van der Waals surface area (Å²) in [7, 11) is 0. The third-order valence-corrected chi connectivity index (χ3v) is 7.55. The molecule has 0 bridgehead atoms. The van der Waals surface area contributed by atoms with E-state index >= 15 is 0 Å². The van der Waals surface area contributed by atoms with Crippen LogP contribution in [0, 0.1) is 17.8 Å². The van der Waals surface area contributed by atoms with Gasteiger partial charge in [0.1, 0.15) is 6.61 Å². The Morgan fingerprint density at radius 3 is 2.46 bits per heavy atom. The standard InChI is InChI=1S/C33H50N2O6/c1-3-5-17-29(22-26-13-8-6-9-14-26)33(39)41-25-30(23-27-15-10-7-11-16-27)35-32(38)28(12-4-2)24-31(37)34-18-20-40-21-19-36/h3-4,6,8-9,13-14,27-30,36H,1-2,5,7,10-12,15-25H2,(H,34,37)(H,35,38)/t28-,29-,30+/m1/s1. The summed E-state index contributed by atoms with van der Waals surface area (Å²) in [4.78, 5) is 39.1. The van der Waals surface area contributed by atoms with Crippen molar-refractivity contribution >= 4 is 17.8 Å². The molecule has 0 unspecified atom stereocenters. The Balaban J connectivity index is 2.01. The van der Waals surface area contributed by atoms with Crippen molar-refractivity contribution in [3.63, 3.8) is 0 Å². The number of amides is 2. The Kier molecular flexibility index (Phi) is 17.4. The van der Waals surface area contributed by atoms with Gasteiger partial charge in [-0.25, -0.2) is 0 Å². The van der Waals surface area contributed by atoms with Crippen LogP contribution in [-0.2, 0) is 30.3 Å². The lowest BCUT2D eigenvalue weighted by Crippen LogP contribution is -2.44. The van der Waals surface area contributed by atoms with Crippen molar-refractivity contribution in [3.05, 3.63) is 61.2 Å². The third kappa shape index (κ3) is 14.5. The van der Waals surface area contributed by atoms with E-state index in [4.69, 9.17) is 14.6 Å². The van der Waals surface area contributed by atoms with Crippen LogP contribution in [0.3, 0.4) is 0 Å². The molecule has 0 heterocycles. The van der Waals surface area contributed by atoms with Crippen LogP contribution >= 0.6 is 0 Å². The number of carbonyl (C=O) groups is 3. The molecule has 2 rings (SSSR count). The molecule has 1 aromatic carbocycles. The van der Waals surface area contributed by atoms with Gasteiger partial charge in [-0.2, -0.15) is 0 Å². The number of benzene rings is 1. The Labute approximate surface area is 246 Å². The lowest BCUT2D eigenvalue weighted by atomic mass is 9.84. The van der Waals surface area contributed by atoms with E-state index in [1.807, 2.05) is 36.4 Å².